The van der Waals surface area contributed by atoms with Crippen molar-refractivity contribution in [3.05, 3.63) is 24.0 Å². The lowest BCUT2D eigenvalue weighted by Gasteiger charge is -2.00. The summed E-state index contributed by atoms with van der Waals surface area (Å²) in [4.78, 5) is 10.9. The fraction of sp³-hybridized carbons (Fsp3) is 0.375. The van der Waals surface area contributed by atoms with Crippen molar-refractivity contribution in [2.75, 3.05) is 7.05 Å². The SMILES string of the molecule is CNC(=O)Cc1cccn1C. The van der Waals surface area contributed by atoms with Crippen LogP contribution in [0, 0.1) is 0 Å². The lowest BCUT2D eigenvalue weighted by molar-refractivity contribution is -0.120. The largest absolute Gasteiger partial charge is 0.359 e. The van der Waals surface area contributed by atoms with Gasteiger partial charge in [0.25, 0.3) is 0 Å². The molecule has 3 nitrogen and oxygen atoms in total. The van der Waals surface area contributed by atoms with Gasteiger partial charge in [-0.1, -0.05) is 0 Å². The van der Waals surface area contributed by atoms with E-state index in [9.17, 15) is 4.79 Å². The molecule has 60 valence electrons. The van der Waals surface area contributed by atoms with Gasteiger partial charge in [0.1, 0.15) is 0 Å². The third-order valence-electron chi connectivity index (χ3n) is 1.67. The molecule has 0 saturated heterocycles. The highest BCUT2D eigenvalue weighted by molar-refractivity contribution is 5.77. The Labute approximate surface area is 66.0 Å². The van der Waals surface area contributed by atoms with Crippen LogP contribution in [0.3, 0.4) is 0 Å². The second-order valence-corrected chi connectivity index (χ2v) is 2.46. The third-order valence-corrected chi connectivity index (χ3v) is 1.67. The molecule has 0 bridgehead atoms. The first kappa shape index (κ1) is 7.85. The molecule has 1 amide bonds. The molecule has 0 aliphatic heterocycles. The van der Waals surface area contributed by atoms with Crippen LogP contribution in [0.15, 0.2) is 18.3 Å². The Hall–Kier alpha value is -1.25. The van der Waals surface area contributed by atoms with Crippen LogP contribution in [-0.2, 0) is 18.3 Å². The number of aryl methyl sites for hydroxylation is 1. The first-order valence-electron chi connectivity index (χ1n) is 3.55. The summed E-state index contributed by atoms with van der Waals surface area (Å²) in [6, 6.07) is 3.87. The second-order valence-electron chi connectivity index (χ2n) is 2.46. The van der Waals surface area contributed by atoms with Gasteiger partial charge in [0.15, 0.2) is 0 Å². The number of rotatable bonds is 2. The average molecular weight is 152 g/mol. The molecular formula is C8H12N2O. The number of nitrogens with one attached hydrogen (secondary N) is 1. The highest BCUT2D eigenvalue weighted by Gasteiger charge is 2.01. The summed E-state index contributed by atoms with van der Waals surface area (Å²) in [6.07, 6.45) is 2.39. The maximum Gasteiger partial charge on any atom is 0.225 e. The van der Waals surface area contributed by atoms with E-state index in [2.05, 4.69) is 5.32 Å². The van der Waals surface area contributed by atoms with E-state index in [0.717, 1.165) is 5.69 Å². The topological polar surface area (TPSA) is 34.0 Å². The van der Waals surface area contributed by atoms with Crippen molar-refractivity contribution < 1.29 is 4.79 Å². The first-order chi connectivity index (χ1) is 5.24. The normalized spacial score (nSPS) is 9.64. The maximum absolute atomic E-state index is 10.9. The van der Waals surface area contributed by atoms with Crippen LogP contribution >= 0.6 is 0 Å². The average Bonchev–Trinajstić information content (AvgIpc) is 2.37. The van der Waals surface area contributed by atoms with Crippen LogP contribution in [0.25, 0.3) is 0 Å². The zero-order valence-corrected chi connectivity index (χ0v) is 6.79. The number of carbonyl (C=O) groups excluding carboxylic acids is 1. The molecule has 0 unspecified atom stereocenters. The van der Waals surface area contributed by atoms with Gasteiger partial charge in [-0.15, -0.1) is 0 Å². The summed E-state index contributed by atoms with van der Waals surface area (Å²) in [6.45, 7) is 0. The van der Waals surface area contributed by atoms with Crippen LogP contribution in [-0.4, -0.2) is 17.5 Å². The standard InChI is InChI=1S/C8H12N2O/c1-9-8(11)6-7-4-3-5-10(7)2/h3-5H,6H2,1-2H3,(H,9,11). The monoisotopic (exact) mass is 152 g/mol. The molecular weight excluding hydrogens is 140 g/mol. The maximum atomic E-state index is 10.9. The highest BCUT2D eigenvalue weighted by atomic mass is 16.1. The van der Waals surface area contributed by atoms with Gasteiger partial charge in [-0.25, -0.2) is 0 Å². The number of hydrogen-bond donors (Lipinski definition) is 1. The van der Waals surface area contributed by atoms with E-state index in [0.29, 0.717) is 6.42 Å². The van der Waals surface area contributed by atoms with Gasteiger partial charge >= 0.3 is 0 Å². The van der Waals surface area contributed by atoms with Gasteiger partial charge < -0.3 is 9.88 Å². The molecule has 1 heterocycles. The fourth-order valence-electron chi connectivity index (χ4n) is 0.933. The van der Waals surface area contributed by atoms with Gasteiger partial charge in [-0.05, 0) is 12.1 Å². The molecule has 11 heavy (non-hydrogen) atoms. The van der Waals surface area contributed by atoms with Gasteiger partial charge in [0, 0.05) is 26.0 Å². The second kappa shape index (κ2) is 3.23. The quantitative estimate of drug-likeness (QED) is 0.650. The summed E-state index contributed by atoms with van der Waals surface area (Å²) in [5, 5.41) is 2.58. The molecule has 1 aromatic rings. The molecule has 0 spiro atoms. The minimum absolute atomic E-state index is 0.0480. The van der Waals surface area contributed by atoms with Crippen LogP contribution in [0.1, 0.15) is 5.69 Å². The zero-order chi connectivity index (χ0) is 8.27. The number of amides is 1. The van der Waals surface area contributed by atoms with Crippen molar-refractivity contribution in [2.24, 2.45) is 7.05 Å². The molecule has 1 aromatic heterocycles. The summed E-state index contributed by atoms with van der Waals surface area (Å²) < 4.78 is 1.94. The predicted octanol–water partition coefficient (Wildman–Crippen LogP) is 0.314. The number of hydrogen-bond acceptors (Lipinski definition) is 1. The molecule has 0 aliphatic rings. The van der Waals surface area contributed by atoms with E-state index < -0.39 is 0 Å². The van der Waals surface area contributed by atoms with Crippen molar-refractivity contribution in [1.29, 1.82) is 0 Å². The van der Waals surface area contributed by atoms with Gasteiger partial charge in [-0.3, -0.25) is 4.79 Å². The molecule has 0 aliphatic carbocycles. The number of carbonyl (C=O) groups is 1. The fourth-order valence-corrected chi connectivity index (χ4v) is 0.933. The van der Waals surface area contributed by atoms with Crippen LogP contribution in [0.5, 0.6) is 0 Å². The summed E-state index contributed by atoms with van der Waals surface area (Å²) in [5.74, 6) is 0.0480. The molecule has 0 saturated carbocycles. The zero-order valence-electron chi connectivity index (χ0n) is 6.79. The molecule has 0 radical (unpaired) electrons. The Morgan fingerprint density at radius 3 is 2.91 bits per heavy atom. The van der Waals surface area contributed by atoms with E-state index in [-0.39, 0.29) is 5.91 Å². The van der Waals surface area contributed by atoms with Crippen molar-refractivity contribution in [2.45, 2.75) is 6.42 Å². The minimum atomic E-state index is 0.0480. The highest BCUT2D eigenvalue weighted by Crippen LogP contribution is 1.99. The Bertz CT molecular complexity index is 252. The van der Waals surface area contributed by atoms with Gasteiger partial charge in [0.2, 0.25) is 5.91 Å². The van der Waals surface area contributed by atoms with Gasteiger partial charge in [-0.2, -0.15) is 0 Å². The van der Waals surface area contributed by atoms with Crippen LogP contribution in [0.4, 0.5) is 0 Å². The van der Waals surface area contributed by atoms with Crippen molar-refractivity contribution in [1.82, 2.24) is 9.88 Å². The number of nitrogens with zero attached hydrogens (tertiary/aromatic N) is 1. The van der Waals surface area contributed by atoms with E-state index in [1.807, 2.05) is 29.9 Å². The third kappa shape index (κ3) is 1.83. The molecule has 1 N–H and O–H groups in total. The summed E-state index contributed by atoms with van der Waals surface area (Å²) in [7, 11) is 3.57. The molecule has 0 atom stereocenters. The molecule has 0 fully saturated rings. The van der Waals surface area contributed by atoms with E-state index in [1.165, 1.54) is 0 Å². The van der Waals surface area contributed by atoms with Gasteiger partial charge in [0.05, 0.1) is 6.42 Å². The van der Waals surface area contributed by atoms with Crippen LogP contribution in [0.2, 0.25) is 0 Å². The number of aromatic nitrogens is 1. The minimum Gasteiger partial charge on any atom is -0.359 e. The van der Waals surface area contributed by atoms with Crippen molar-refractivity contribution >= 4 is 5.91 Å². The molecule has 0 aromatic carbocycles. The Kier molecular flexibility index (Phi) is 2.31. The van der Waals surface area contributed by atoms with Crippen molar-refractivity contribution in [3.63, 3.8) is 0 Å². The molecule has 1 rings (SSSR count). The summed E-state index contributed by atoms with van der Waals surface area (Å²) in [5.41, 5.74) is 1.03. The Balaban J connectivity index is 2.64. The van der Waals surface area contributed by atoms with Crippen LogP contribution < -0.4 is 5.32 Å². The Morgan fingerprint density at radius 1 is 1.73 bits per heavy atom. The van der Waals surface area contributed by atoms with Crippen molar-refractivity contribution in [3.8, 4) is 0 Å². The molecule has 3 heteroatoms. The van der Waals surface area contributed by atoms with E-state index >= 15 is 0 Å². The Morgan fingerprint density at radius 2 is 2.45 bits per heavy atom. The lowest BCUT2D eigenvalue weighted by atomic mass is 10.3. The van der Waals surface area contributed by atoms with E-state index in [1.54, 1.807) is 7.05 Å². The summed E-state index contributed by atoms with van der Waals surface area (Å²) >= 11 is 0. The first-order valence-corrected chi connectivity index (χ1v) is 3.55. The predicted molar refractivity (Wildman–Crippen MR) is 43.2 cm³/mol. The van der Waals surface area contributed by atoms with E-state index in [4.69, 9.17) is 0 Å². The number of likely N-dealkylation sites (N-methyl/N-ethyl adjacent to an activating group) is 1. The lowest BCUT2D eigenvalue weighted by Crippen LogP contribution is -2.20. The smallest absolute Gasteiger partial charge is 0.225 e.